The van der Waals surface area contributed by atoms with Gasteiger partial charge in [-0.1, -0.05) is 6.92 Å². The summed E-state index contributed by atoms with van der Waals surface area (Å²) in [6.45, 7) is 5.44. The summed E-state index contributed by atoms with van der Waals surface area (Å²) in [7, 11) is 3.14. The van der Waals surface area contributed by atoms with Crippen molar-refractivity contribution in [1.29, 1.82) is 0 Å². The lowest BCUT2D eigenvalue weighted by molar-refractivity contribution is 0.0823. The Morgan fingerprint density at radius 3 is 2.35 bits per heavy atom. The van der Waals surface area contributed by atoms with E-state index in [1.54, 1.807) is 21.1 Å². The predicted molar refractivity (Wildman–Crippen MR) is 61.8 cm³/mol. The van der Waals surface area contributed by atoms with E-state index in [4.69, 9.17) is 9.47 Å². The van der Waals surface area contributed by atoms with Gasteiger partial charge in [0.25, 0.3) is 0 Å². The molecular weight excluding hydrogens is 222 g/mol. The van der Waals surface area contributed by atoms with Crippen LogP contribution in [0.25, 0.3) is 0 Å². The summed E-state index contributed by atoms with van der Waals surface area (Å²) >= 11 is 0. The second-order valence-corrected chi connectivity index (χ2v) is 3.74. The number of ether oxygens (including phenoxy) is 2. The Bertz CT molecular complexity index is 389. The maximum atomic E-state index is 11.7. The number of nitrogens with zero attached hydrogens (tertiary/aromatic N) is 3. The van der Waals surface area contributed by atoms with Gasteiger partial charge < -0.3 is 9.47 Å². The zero-order valence-corrected chi connectivity index (χ0v) is 10.9. The van der Waals surface area contributed by atoms with Crippen molar-refractivity contribution >= 4 is 5.91 Å². The second-order valence-electron chi connectivity index (χ2n) is 3.74. The third-order valence-corrected chi connectivity index (χ3v) is 2.62. The van der Waals surface area contributed by atoms with Crippen molar-refractivity contribution in [2.24, 2.45) is 0 Å². The minimum absolute atomic E-state index is 0.106. The number of hydrogen-bond acceptors (Lipinski definition) is 5. The van der Waals surface area contributed by atoms with Gasteiger partial charge in [-0.2, -0.15) is 4.68 Å². The molecule has 6 nitrogen and oxygen atoms in total. The highest BCUT2D eigenvalue weighted by Crippen LogP contribution is 2.18. The number of carbonyl (C=O) groups excluding carboxylic acids is 1. The largest absolute Gasteiger partial charge is 0.374 e. The Hall–Kier alpha value is -1.27. The Kier molecular flexibility index (Phi) is 4.77. The number of carbonyl (C=O) groups is 1. The molecule has 0 aliphatic rings. The van der Waals surface area contributed by atoms with Crippen molar-refractivity contribution in [3.8, 4) is 0 Å². The molecule has 0 spiro atoms. The third kappa shape index (κ3) is 2.89. The van der Waals surface area contributed by atoms with Gasteiger partial charge in [0.2, 0.25) is 5.91 Å². The lowest BCUT2D eigenvalue weighted by atomic mass is 10.3. The van der Waals surface area contributed by atoms with E-state index >= 15 is 0 Å². The van der Waals surface area contributed by atoms with Gasteiger partial charge in [0.05, 0.1) is 0 Å². The van der Waals surface area contributed by atoms with Crippen LogP contribution in [0.2, 0.25) is 0 Å². The first-order valence-electron chi connectivity index (χ1n) is 5.60. The summed E-state index contributed by atoms with van der Waals surface area (Å²) in [5.41, 5.74) is 0. The van der Waals surface area contributed by atoms with Crippen LogP contribution in [0.15, 0.2) is 0 Å². The minimum Gasteiger partial charge on any atom is -0.374 e. The average molecular weight is 241 g/mol. The molecule has 1 heterocycles. The first kappa shape index (κ1) is 13.8. The van der Waals surface area contributed by atoms with Gasteiger partial charge >= 0.3 is 0 Å². The van der Waals surface area contributed by atoms with Gasteiger partial charge in [-0.15, -0.1) is 5.10 Å². The molecule has 0 saturated heterocycles. The molecule has 0 N–H and O–H groups in total. The summed E-state index contributed by atoms with van der Waals surface area (Å²) in [4.78, 5) is 16.0. The first-order valence-corrected chi connectivity index (χ1v) is 5.60. The quantitative estimate of drug-likeness (QED) is 0.785. The van der Waals surface area contributed by atoms with Gasteiger partial charge in [0.1, 0.15) is 12.2 Å². The van der Waals surface area contributed by atoms with E-state index in [0.717, 1.165) is 0 Å². The van der Waals surface area contributed by atoms with Crippen LogP contribution < -0.4 is 0 Å². The van der Waals surface area contributed by atoms with E-state index in [1.165, 1.54) is 4.68 Å². The van der Waals surface area contributed by atoms with Gasteiger partial charge in [0, 0.05) is 20.6 Å². The fourth-order valence-electron chi connectivity index (χ4n) is 1.32. The highest BCUT2D eigenvalue weighted by molar-refractivity contribution is 5.78. The molecule has 0 aliphatic carbocycles. The number of hydrogen-bond donors (Lipinski definition) is 0. The number of methoxy groups -OCH3 is 2. The monoisotopic (exact) mass is 241 g/mol. The molecule has 0 fully saturated rings. The molecule has 0 radical (unpaired) electrons. The lowest BCUT2D eigenvalue weighted by Crippen LogP contribution is -2.17. The molecule has 2 unspecified atom stereocenters. The van der Waals surface area contributed by atoms with E-state index in [9.17, 15) is 4.79 Å². The van der Waals surface area contributed by atoms with E-state index in [-0.39, 0.29) is 18.1 Å². The maximum Gasteiger partial charge on any atom is 0.248 e. The summed E-state index contributed by atoms with van der Waals surface area (Å²) in [5.74, 6) is 0.900. The summed E-state index contributed by atoms with van der Waals surface area (Å²) < 4.78 is 11.6. The molecule has 17 heavy (non-hydrogen) atoms. The molecule has 0 bridgehead atoms. The van der Waals surface area contributed by atoms with Gasteiger partial charge in [-0.3, -0.25) is 4.79 Å². The molecular formula is C11H19N3O3. The van der Waals surface area contributed by atoms with Crippen LogP contribution in [-0.2, 0) is 9.47 Å². The van der Waals surface area contributed by atoms with Crippen molar-refractivity contribution < 1.29 is 14.3 Å². The molecule has 0 aliphatic heterocycles. The van der Waals surface area contributed by atoms with Crippen molar-refractivity contribution in [2.45, 2.75) is 39.4 Å². The van der Waals surface area contributed by atoms with Crippen LogP contribution in [0, 0.1) is 0 Å². The van der Waals surface area contributed by atoms with Crippen molar-refractivity contribution in [3.05, 3.63) is 11.6 Å². The zero-order valence-electron chi connectivity index (χ0n) is 10.9. The lowest BCUT2D eigenvalue weighted by Gasteiger charge is -2.08. The standard InChI is InChI=1S/C11H19N3O3/c1-6-9(15)14-11(8(3)17-5)12-10(13-14)7(2)16-4/h7-8H,6H2,1-5H3. The van der Waals surface area contributed by atoms with Crippen LogP contribution in [0.1, 0.15) is 55.8 Å². The highest BCUT2D eigenvalue weighted by Gasteiger charge is 2.22. The summed E-state index contributed by atoms with van der Waals surface area (Å²) in [6.07, 6.45) is -0.160. The molecule has 1 aromatic rings. The summed E-state index contributed by atoms with van der Waals surface area (Å²) in [6, 6.07) is 0. The van der Waals surface area contributed by atoms with Crippen molar-refractivity contribution in [1.82, 2.24) is 14.8 Å². The Labute approximate surface area is 101 Å². The van der Waals surface area contributed by atoms with Crippen LogP contribution in [0.4, 0.5) is 0 Å². The summed E-state index contributed by atoms with van der Waals surface area (Å²) in [5, 5.41) is 4.17. The van der Waals surface area contributed by atoms with Crippen LogP contribution in [0.5, 0.6) is 0 Å². The minimum atomic E-state index is -0.282. The van der Waals surface area contributed by atoms with Crippen molar-refractivity contribution in [2.75, 3.05) is 14.2 Å². The fraction of sp³-hybridized carbons (Fsp3) is 0.727. The molecule has 0 saturated carbocycles. The van der Waals surface area contributed by atoms with E-state index < -0.39 is 0 Å². The van der Waals surface area contributed by atoms with E-state index in [1.807, 2.05) is 13.8 Å². The van der Waals surface area contributed by atoms with Gasteiger partial charge in [-0.25, -0.2) is 4.98 Å². The molecule has 1 rings (SSSR count). The molecule has 1 aromatic heterocycles. The smallest absolute Gasteiger partial charge is 0.248 e. The fourth-order valence-corrected chi connectivity index (χ4v) is 1.32. The Morgan fingerprint density at radius 1 is 1.29 bits per heavy atom. The van der Waals surface area contributed by atoms with Crippen molar-refractivity contribution in [3.63, 3.8) is 0 Å². The maximum absolute atomic E-state index is 11.7. The molecule has 2 atom stereocenters. The molecule has 0 amide bonds. The third-order valence-electron chi connectivity index (χ3n) is 2.62. The van der Waals surface area contributed by atoms with Gasteiger partial charge in [-0.05, 0) is 13.8 Å². The second kappa shape index (κ2) is 5.88. The Morgan fingerprint density at radius 2 is 1.88 bits per heavy atom. The van der Waals surface area contributed by atoms with E-state index in [0.29, 0.717) is 18.1 Å². The van der Waals surface area contributed by atoms with Crippen LogP contribution in [0.3, 0.4) is 0 Å². The molecule has 96 valence electrons. The predicted octanol–water partition coefficient (Wildman–Crippen LogP) is 1.74. The SMILES string of the molecule is CCC(=O)n1nc(C(C)OC)nc1C(C)OC. The zero-order chi connectivity index (χ0) is 13.0. The van der Waals surface area contributed by atoms with Crippen LogP contribution >= 0.6 is 0 Å². The van der Waals surface area contributed by atoms with Crippen LogP contribution in [-0.4, -0.2) is 34.9 Å². The topological polar surface area (TPSA) is 66.2 Å². The number of aromatic nitrogens is 3. The molecule has 6 heteroatoms. The van der Waals surface area contributed by atoms with Gasteiger partial charge in [0.15, 0.2) is 11.6 Å². The number of rotatable bonds is 5. The Balaban J connectivity index is 3.16. The molecule has 0 aromatic carbocycles. The highest BCUT2D eigenvalue weighted by atomic mass is 16.5. The normalized spacial score (nSPS) is 14.6. The average Bonchev–Trinajstić information content (AvgIpc) is 2.80. The first-order chi connectivity index (χ1) is 8.04. The van der Waals surface area contributed by atoms with E-state index in [2.05, 4.69) is 10.1 Å².